The van der Waals surface area contributed by atoms with Crippen molar-refractivity contribution in [3.8, 4) is 0 Å². The number of thiophene rings is 1. The molecule has 0 aliphatic carbocycles. The summed E-state index contributed by atoms with van der Waals surface area (Å²) in [5.41, 5.74) is 2.34. The molecule has 5 heteroatoms. The highest BCUT2D eigenvalue weighted by molar-refractivity contribution is 7.07. The second-order valence-electron chi connectivity index (χ2n) is 5.01. The molecule has 0 saturated carbocycles. The number of aromatic nitrogens is 2. The molecule has 4 nitrogen and oxygen atoms in total. The Hall–Kier alpha value is -1.46. The first-order chi connectivity index (χ1) is 9.60. The summed E-state index contributed by atoms with van der Waals surface area (Å²) in [5.74, 6) is 1.68. The van der Waals surface area contributed by atoms with Crippen LogP contribution in [0.1, 0.15) is 24.0 Å². The third-order valence-electron chi connectivity index (χ3n) is 3.29. The molecule has 2 rings (SSSR count). The first kappa shape index (κ1) is 14.9. The minimum Gasteiger partial charge on any atom is -0.377 e. The predicted molar refractivity (Wildman–Crippen MR) is 83.4 cm³/mol. The van der Waals surface area contributed by atoms with Crippen molar-refractivity contribution in [2.75, 3.05) is 19.1 Å². The molecule has 1 atom stereocenters. The Morgan fingerprint density at radius 3 is 2.85 bits per heavy atom. The Kier molecular flexibility index (Phi) is 5.09. The van der Waals surface area contributed by atoms with Gasteiger partial charge in [-0.05, 0) is 42.7 Å². The Bertz CT molecular complexity index is 542. The summed E-state index contributed by atoms with van der Waals surface area (Å²) in [6, 6.07) is 4.58. The molecule has 20 heavy (non-hydrogen) atoms. The number of likely N-dealkylation sites (N-methyl/N-ethyl adjacent to an activating group) is 1. The zero-order valence-electron chi connectivity index (χ0n) is 12.5. The maximum atomic E-state index is 5.12. The average molecular weight is 291 g/mol. The van der Waals surface area contributed by atoms with Crippen LogP contribution in [0.3, 0.4) is 0 Å². The number of anilines is 1. The first-order valence-electron chi connectivity index (χ1n) is 6.67. The molecule has 2 aromatic rings. The SMILES string of the molecule is COCc1nc(C)cc(N(C)C(C)Cc2ccsc2)n1. The molecule has 2 heterocycles. The molecule has 0 spiro atoms. The monoisotopic (exact) mass is 291 g/mol. The van der Waals surface area contributed by atoms with Crippen molar-refractivity contribution < 1.29 is 4.74 Å². The van der Waals surface area contributed by atoms with Gasteiger partial charge in [0.15, 0.2) is 5.82 Å². The van der Waals surface area contributed by atoms with Gasteiger partial charge in [0.2, 0.25) is 0 Å². The Morgan fingerprint density at radius 1 is 1.40 bits per heavy atom. The van der Waals surface area contributed by atoms with Crippen LogP contribution in [-0.2, 0) is 17.8 Å². The highest BCUT2D eigenvalue weighted by Gasteiger charge is 2.14. The lowest BCUT2D eigenvalue weighted by molar-refractivity contribution is 0.177. The number of nitrogens with zero attached hydrogens (tertiary/aromatic N) is 3. The fourth-order valence-corrected chi connectivity index (χ4v) is 2.78. The predicted octanol–water partition coefficient (Wildman–Crippen LogP) is 3.06. The molecule has 0 aliphatic heterocycles. The molecule has 0 saturated heterocycles. The van der Waals surface area contributed by atoms with Gasteiger partial charge in [0, 0.05) is 32.0 Å². The van der Waals surface area contributed by atoms with Crippen LogP contribution < -0.4 is 4.90 Å². The molecule has 1 unspecified atom stereocenters. The topological polar surface area (TPSA) is 38.2 Å². The van der Waals surface area contributed by atoms with Crippen LogP contribution in [0.2, 0.25) is 0 Å². The van der Waals surface area contributed by atoms with Crippen molar-refractivity contribution in [3.63, 3.8) is 0 Å². The van der Waals surface area contributed by atoms with E-state index in [1.807, 2.05) is 13.0 Å². The largest absolute Gasteiger partial charge is 0.377 e. The Balaban J connectivity index is 2.13. The van der Waals surface area contributed by atoms with E-state index in [1.165, 1.54) is 5.56 Å². The van der Waals surface area contributed by atoms with Gasteiger partial charge < -0.3 is 9.64 Å². The Labute approximate surface area is 124 Å². The minimum atomic E-state index is 0.384. The number of hydrogen-bond acceptors (Lipinski definition) is 5. The van der Waals surface area contributed by atoms with E-state index in [1.54, 1.807) is 18.4 Å². The lowest BCUT2D eigenvalue weighted by Gasteiger charge is -2.26. The van der Waals surface area contributed by atoms with E-state index < -0.39 is 0 Å². The first-order valence-corrected chi connectivity index (χ1v) is 7.62. The van der Waals surface area contributed by atoms with Crippen LogP contribution in [0.15, 0.2) is 22.9 Å². The maximum absolute atomic E-state index is 5.12. The molecule has 0 amide bonds. The smallest absolute Gasteiger partial charge is 0.156 e. The van der Waals surface area contributed by atoms with E-state index in [-0.39, 0.29) is 0 Å². The summed E-state index contributed by atoms with van der Waals surface area (Å²) in [5, 5.41) is 4.32. The van der Waals surface area contributed by atoms with Crippen LogP contribution in [0, 0.1) is 6.92 Å². The zero-order chi connectivity index (χ0) is 14.5. The van der Waals surface area contributed by atoms with Gasteiger partial charge in [0.05, 0.1) is 0 Å². The number of ether oxygens (including phenoxy) is 1. The van der Waals surface area contributed by atoms with Crippen molar-refractivity contribution in [2.24, 2.45) is 0 Å². The number of aryl methyl sites for hydroxylation is 1. The van der Waals surface area contributed by atoms with Crippen molar-refractivity contribution in [1.29, 1.82) is 0 Å². The molecule has 0 fully saturated rings. The van der Waals surface area contributed by atoms with Crippen molar-refractivity contribution in [3.05, 3.63) is 40.0 Å². The van der Waals surface area contributed by atoms with E-state index >= 15 is 0 Å². The van der Waals surface area contributed by atoms with Crippen LogP contribution in [-0.4, -0.2) is 30.2 Å². The van der Waals surface area contributed by atoms with Gasteiger partial charge >= 0.3 is 0 Å². The highest BCUT2D eigenvalue weighted by Crippen LogP contribution is 2.17. The molecule has 0 aromatic carbocycles. The minimum absolute atomic E-state index is 0.384. The third-order valence-corrected chi connectivity index (χ3v) is 4.03. The number of rotatable bonds is 6. The highest BCUT2D eigenvalue weighted by atomic mass is 32.1. The normalized spacial score (nSPS) is 12.4. The van der Waals surface area contributed by atoms with E-state index in [0.717, 1.165) is 23.8 Å². The van der Waals surface area contributed by atoms with Gasteiger partial charge in [-0.2, -0.15) is 11.3 Å². The van der Waals surface area contributed by atoms with Gasteiger partial charge in [-0.3, -0.25) is 0 Å². The van der Waals surface area contributed by atoms with Crippen LogP contribution in [0.25, 0.3) is 0 Å². The molecular weight excluding hydrogens is 270 g/mol. The lowest BCUT2D eigenvalue weighted by atomic mass is 10.1. The van der Waals surface area contributed by atoms with E-state index in [4.69, 9.17) is 4.74 Å². The second-order valence-corrected chi connectivity index (χ2v) is 5.79. The van der Waals surface area contributed by atoms with Crippen LogP contribution in [0.5, 0.6) is 0 Å². The number of methoxy groups -OCH3 is 1. The maximum Gasteiger partial charge on any atom is 0.156 e. The van der Waals surface area contributed by atoms with Gasteiger partial charge in [0.1, 0.15) is 12.4 Å². The lowest BCUT2D eigenvalue weighted by Crippen LogP contribution is -2.31. The van der Waals surface area contributed by atoms with Crippen molar-refractivity contribution in [2.45, 2.75) is 32.9 Å². The van der Waals surface area contributed by atoms with E-state index in [9.17, 15) is 0 Å². The molecule has 0 radical (unpaired) electrons. The zero-order valence-corrected chi connectivity index (χ0v) is 13.3. The Morgan fingerprint density at radius 2 is 2.20 bits per heavy atom. The molecule has 0 N–H and O–H groups in total. The van der Waals surface area contributed by atoms with Gasteiger partial charge in [-0.25, -0.2) is 9.97 Å². The van der Waals surface area contributed by atoms with Crippen LogP contribution >= 0.6 is 11.3 Å². The molecular formula is C15H21N3OS. The summed E-state index contributed by atoms with van der Waals surface area (Å²) in [6.07, 6.45) is 1.02. The molecule has 0 bridgehead atoms. The fourth-order valence-electron chi connectivity index (χ4n) is 2.10. The van der Waals surface area contributed by atoms with E-state index in [2.05, 4.69) is 45.7 Å². The van der Waals surface area contributed by atoms with Gasteiger partial charge in [-0.1, -0.05) is 0 Å². The quantitative estimate of drug-likeness (QED) is 0.820. The molecule has 0 aliphatic rings. The third kappa shape index (κ3) is 3.77. The fraction of sp³-hybridized carbons (Fsp3) is 0.467. The molecule has 108 valence electrons. The van der Waals surface area contributed by atoms with Crippen molar-refractivity contribution >= 4 is 17.2 Å². The second kappa shape index (κ2) is 6.81. The molecule has 2 aromatic heterocycles. The summed E-state index contributed by atoms with van der Waals surface area (Å²) in [4.78, 5) is 11.1. The van der Waals surface area contributed by atoms with Gasteiger partial charge in [-0.15, -0.1) is 0 Å². The summed E-state index contributed by atoms with van der Waals surface area (Å²) in [6.45, 7) is 4.65. The summed E-state index contributed by atoms with van der Waals surface area (Å²) in [7, 11) is 3.74. The summed E-state index contributed by atoms with van der Waals surface area (Å²) >= 11 is 1.74. The van der Waals surface area contributed by atoms with Gasteiger partial charge in [0.25, 0.3) is 0 Å². The average Bonchev–Trinajstić information content (AvgIpc) is 2.90. The van der Waals surface area contributed by atoms with Crippen LogP contribution in [0.4, 0.5) is 5.82 Å². The van der Waals surface area contributed by atoms with E-state index in [0.29, 0.717) is 12.6 Å². The summed E-state index contributed by atoms with van der Waals surface area (Å²) < 4.78 is 5.12. The van der Waals surface area contributed by atoms with Crippen molar-refractivity contribution in [1.82, 2.24) is 9.97 Å². The standard InChI is InChI=1S/C15H21N3OS/c1-11-7-15(17-14(16-11)9-19-4)18(3)12(2)8-13-5-6-20-10-13/h5-7,10,12H,8-9H2,1-4H3. The number of hydrogen-bond donors (Lipinski definition) is 0.